The molecular weight excluding hydrogens is 316 g/mol. The number of benzene rings is 1. The monoisotopic (exact) mass is 344 g/mol. The molecule has 1 N–H and O–H groups in total. The maximum atomic E-state index is 12.2. The number of ether oxygens (including phenoxy) is 1. The zero-order valence-corrected chi connectivity index (χ0v) is 15.2. The van der Waals surface area contributed by atoms with Crippen LogP contribution in [-0.4, -0.2) is 24.7 Å². The van der Waals surface area contributed by atoms with Crippen molar-refractivity contribution >= 4 is 17.6 Å². The van der Waals surface area contributed by atoms with Crippen molar-refractivity contribution in [3.8, 4) is 0 Å². The van der Waals surface area contributed by atoms with E-state index in [4.69, 9.17) is 4.74 Å². The Balaban J connectivity index is 2.02. The summed E-state index contributed by atoms with van der Waals surface area (Å²) in [5, 5.41) is 4.36. The third kappa shape index (κ3) is 5.41. The van der Waals surface area contributed by atoms with Crippen LogP contribution in [0.3, 0.4) is 0 Å². The lowest BCUT2D eigenvalue weighted by molar-refractivity contribution is -0.146. The van der Waals surface area contributed by atoms with Crippen molar-refractivity contribution in [3.63, 3.8) is 0 Å². The maximum absolute atomic E-state index is 12.2. The number of hydrazone groups is 1. The number of amides is 1. The lowest BCUT2D eigenvalue weighted by Crippen LogP contribution is -2.26. The van der Waals surface area contributed by atoms with E-state index in [-0.39, 0.29) is 23.7 Å². The molecule has 0 aromatic heterocycles. The van der Waals surface area contributed by atoms with Gasteiger partial charge in [0.05, 0.1) is 13.0 Å². The van der Waals surface area contributed by atoms with E-state index < -0.39 is 0 Å². The van der Waals surface area contributed by atoms with Gasteiger partial charge in [0.15, 0.2) is 0 Å². The first-order chi connectivity index (χ1) is 12.2. The average Bonchev–Trinajstić information content (AvgIpc) is 3.06. The molecule has 25 heavy (non-hydrogen) atoms. The van der Waals surface area contributed by atoms with E-state index >= 15 is 0 Å². The number of unbranched alkanes of at least 4 members (excludes halogenated alkanes) is 3. The van der Waals surface area contributed by atoms with Crippen molar-refractivity contribution < 1.29 is 14.3 Å². The highest BCUT2D eigenvalue weighted by Crippen LogP contribution is 2.34. The highest BCUT2D eigenvalue weighted by atomic mass is 16.5. The predicted molar refractivity (Wildman–Crippen MR) is 98.3 cm³/mol. The van der Waals surface area contributed by atoms with Gasteiger partial charge in [-0.1, -0.05) is 50.8 Å². The van der Waals surface area contributed by atoms with Gasteiger partial charge in [-0.3, -0.25) is 9.59 Å². The van der Waals surface area contributed by atoms with Crippen molar-refractivity contribution in [1.29, 1.82) is 0 Å². The number of carbonyl (C=O) groups is 2. The van der Waals surface area contributed by atoms with E-state index in [0.717, 1.165) is 37.8 Å². The third-order valence-electron chi connectivity index (χ3n) is 4.83. The number of nitrogens with one attached hydrogen (secondary N) is 1. The fourth-order valence-corrected chi connectivity index (χ4v) is 3.43. The first-order valence-corrected chi connectivity index (χ1v) is 9.17. The highest BCUT2D eigenvalue weighted by molar-refractivity contribution is 5.97. The van der Waals surface area contributed by atoms with Crippen LogP contribution in [-0.2, 0) is 9.53 Å². The van der Waals surface area contributed by atoms with Crippen LogP contribution in [0.5, 0.6) is 0 Å². The van der Waals surface area contributed by atoms with Gasteiger partial charge in [-0.2, -0.15) is 5.10 Å². The fraction of sp³-hybridized carbons (Fsp3) is 0.550. The first-order valence-electron chi connectivity index (χ1n) is 9.17. The minimum atomic E-state index is -0.223. The summed E-state index contributed by atoms with van der Waals surface area (Å²) in [5.41, 5.74) is 4.14. The summed E-state index contributed by atoms with van der Waals surface area (Å²) >= 11 is 0. The molecule has 2 rings (SSSR count). The van der Waals surface area contributed by atoms with Crippen molar-refractivity contribution in [1.82, 2.24) is 5.43 Å². The van der Waals surface area contributed by atoms with Crippen molar-refractivity contribution in [2.45, 2.75) is 51.9 Å². The van der Waals surface area contributed by atoms with Crippen LogP contribution in [0.15, 0.2) is 35.4 Å². The molecule has 1 amide bonds. The van der Waals surface area contributed by atoms with E-state index in [1.54, 1.807) is 12.1 Å². The quantitative estimate of drug-likeness (QED) is 0.441. The van der Waals surface area contributed by atoms with E-state index in [9.17, 15) is 9.59 Å². The van der Waals surface area contributed by atoms with E-state index in [2.05, 4.69) is 17.5 Å². The number of rotatable bonds is 8. The van der Waals surface area contributed by atoms with Gasteiger partial charge in [0.25, 0.3) is 5.91 Å². The molecule has 1 aliphatic carbocycles. The average molecular weight is 344 g/mol. The van der Waals surface area contributed by atoms with Crippen molar-refractivity contribution in [3.05, 3.63) is 35.9 Å². The molecular formula is C20H28N2O3. The predicted octanol–water partition coefficient (Wildman–Crippen LogP) is 3.94. The van der Waals surface area contributed by atoms with E-state index in [1.165, 1.54) is 20.0 Å². The molecule has 1 aromatic rings. The van der Waals surface area contributed by atoms with Crippen LogP contribution in [0.4, 0.5) is 0 Å². The van der Waals surface area contributed by atoms with Crippen LogP contribution in [0.1, 0.15) is 62.2 Å². The van der Waals surface area contributed by atoms with Crippen molar-refractivity contribution in [2.24, 2.45) is 16.9 Å². The van der Waals surface area contributed by atoms with Crippen LogP contribution in [0.25, 0.3) is 0 Å². The van der Waals surface area contributed by atoms with Gasteiger partial charge in [0.2, 0.25) is 0 Å². The standard InChI is InChI=1S/C20H28N2O3/c1-3-4-5-9-12-16-17(20(24)25-2)13-14-18(16)21-22-19(23)15-10-7-6-8-11-15/h6-8,10-11,16-17H,3-5,9,12-14H2,1-2H3,(H,22,23)/b21-18+/t16-,17+/m1/s1. The summed E-state index contributed by atoms with van der Waals surface area (Å²) in [4.78, 5) is 24.2. The zero-order valence-electron chi connectivity index (χ0n) is 15.2. The van der Waals surface area contributed by atoms with E-state index in [0.29, 0.717) is 5.56 Å². The molecule has 136 valence electrons. The number of hydrogen-bond donors (Lipinski definition) is 1. The smallest absolute Gasteiger partial charge is 0.309 e. The Kier molecular flexibility index (Phi) is 7.64. The molecule has 5 heteroatoms. The minimum Gasteiger partial charge on any atom is -0.469 e. The molecule has 5 nitrogen and oxygen atoms in total. The molecule has 1 saturated carbocycles. The number of hydrogen-bond acceptors (Lipinski definition) is 4. The van der Waals surface area contributed by atoms with Gasteiger partial charge < -0.3 is 4.74 Å². The summed E-state index contributed by atoms with van der Waals surface area (Å²) in [6.07, 6.45) is 6.99. The van der Waals surface area contributed by atoms with Gasteiger partial charge in [-0.05, 0) is 31.4 Å². The Hall–Kier alpha value is -2.17. The largest absolute Gasteiger partial charge is 0.469 e. The lowest BCUT2D eigenvalue weighted by Gasteiger charge is -2.18. The highest BCUT2D eigenvalue weighted by Gasteiger charge is 2.38. The zero-order chi connectivity index (χ0) is 18.1. The second kappa shape index (κ2) is 9.97. The van der Waals surface area contributed by atoms with Gasteiger partial charge in [0, 0.05) is 17.2 Å². The first kappa shape index (κ1) is 19.2. The topological polar surface area (TPSA) is 67.8 Å². The second-order valence-electron chi connectivity index (χ2n) is 6.53. The minimum absolute atomic E-state index is 0.0698. The number of esters is 1. The molecule has 1 fully saturated rings. The number of nitrogens with zero attached hydrogens (tertiary/aromatic N) is 1. The summed E-state index contributed by atoms with van der Waals surface area (Å²) in [6.45, 7) is 2.18. The van der Waals surface area contributed by atoms with Crippen LogP contribution in [0.2, 0.25) is 0 Å². The van der Waals surface area contributed by atoms with Gasteiger partial charge >= 0.3 is 5.97 Å². The van der Waals surface area contributed by atoms with Crippen molar-refractivity contribution in [2.75, 3.05) is 7.11 Å². The SMILES string of the molecule is CCCCCC[C@H]1/C(=N/NC(=O)c2ccccc2)CC[C@@H]1C(=O)OC. The van der Waals surface area contributed by atoms with Crippen LogP contribution < -0.4 is 5.43 Å². The normalized spacial score (nSPS) is 21.3. The molecule has 2 atom stereocenters. The Bertz CT molecular complexity index is 598. The molecule has 0 radical (unpaired) electrons. The van der Waals surface area contributed by atoms with Crippen LogP contribution in [0, 0.1) is 11.8 Å². The van der Waals surface area contributed by atoms with Gasteiger partial charge in [0.1, 0.15) is 0 Å². The van der Waals surface area contributed by atoms with Crippen LogP contribution >= 0.6 is 0 Å². The Morgan fingerprint density at radius 1 is 1.20 bits per heavy atom. The molecule has 0 bridgehead atoms. The second-order valence-corrected chi connectivity index (χ2v) is 6.53. The van der Waals surface area contributed by atoms with Gasteiger partial charge in [-0.15, -0.1) is 0 Å². The van der Waals surface area contributed by atoms with Gasteiger partial charge in [-0.25, -0.2) is 5.43 Å². The molecule has 0 spiro atoms. The Morgan fingerprint density at radius 2 is 1.96 bits per heavy atom. The number of carbonyl (C=O) groups excluding carboxylic acids is 2. The molecule has 1 aliphatic rings. The third-order valence-corrected chi connectivity index (χ3v) is 4.83. The molecule has 0 aliphatic heterocycles. The lowest BCUT2D eigenvalue weighted by atomic mass is 9.89. The molecule has 0 unspecified atom stereocenters. The van der Waals surface area contributed by atoms with E-state index in [1.807, 2.05) is 18.2 Å². The molecule has 0 heterocycles. The summed E-state index contributed by atoms with van der Waals surface area (Å²) in [7, 11) is 1.43. The Labute approximate surface area is 149 Å². The summed E-state index contributed by atoms with van der Waals surface area (Å²) < 4.78 is 4.95. The summed E-state index contributed by atoms with van der Waals surface area (Å²) in [5.74, 6) is -0.459. The maximum Gasteiger partial charge on any atom is 0.309 e. The number of methoxy groups -OCH3 is 1. The Morgan fingerprint density at radius 3 is 2.64 bits per heavy atom. The molecule has 1 aromatic carbocycles. The summed E-state index contributed by atoms with van der Waals surface area (Å²) in [6, 6.07) is 9.02. The fourth-order valence-electron chi connectivity index (χ4n) is 3.43. The molecule has 0 saturated heterocycles.